The molecule has 2 saturated heterocycles. The molecule has 0 unspecified atom stereocenters. The number of fused-ring (bicyclic) bond motifs is 1. The molecular weight excluding hydrogens is 364 g/mol. The minimum atomic E-state index is -2.65. The lowest BCUT2D eigenvalue weighted by Crippen LogP contribution is -2.49. The maximum atomic E-state index is 13.6. The SMILES string of the molecule is O=C(c1cnn2c(C(F)F)cc(C3CC3)nc12)N1CCC[C@@H](N2CCCC2)C1. The second kappa shape index (κ2) is 7.06. The number of hydrogen-bond donors (Lipinski definition) is 0. The third kappa shape index (κ3) is 3.17. The van der Waals surface area contributed by atoms with E-state index in [2.05, 4.69) is 15.0 Å². The first-order valence-corrected chi connectivity index (χ1v) is 10.3. The van der Waals surface area contributed by atoms with Crippen molar-refractivity contribution in [3.05, 3.63) is 29.2 Å². The summed E-state index contributed by atoms with van der Waals surface area (Å²) in [7, 11) is 0. The second-order valence-corrected chi connectivity index (χ2v) is 8.26. The average Bonchev–Trinajstić information content (AvgIpc) is 3.25. The van der Waals surface area contributed by atoms with Crippen molar-refractivity contribution in [2.24, 2.45) is 0 Å². The molecule has 0 N–H and O–H groups in total. The molecule has 0 aromatic carbocycles. The molecule has 0 radical (unpaired) electrons. The van der Waals surface area contributed by atoms with Gasteiger partial charge in [-0.25, -0.2) is 18.3 Å². The highest BCUT2D eigenvalue weighted by atomic mass is 19.3. The third-order valence-electron chi connectivity index (χ3n) is 6.31. The van der Waals surface area contributed by atoms with Crippen LogP contribution in [0.15, 0.2) is 12.3 Å². The largest absolute Gasteiger partial charge is 0.337 e. The fraction of sp³-hybridized carbons (Fsp3) is 0.650. The molecule has 6 nitrogen and oxygen atoms in total. The Morgan fingerprint density at radius 3 is 2.61 bits per heavy atom. The number of halogens is 2. The molecule has 0 spiro atoms. The van der Waals surface area contributed by atoms with Gasteiger partial charge >= 0.3 is 0 Å². The van der Waals surface area contributed by atoms with Crippen LogP contribution in [0.1, 0.15) is 72.6 Å². The summed E-state index contributed by atoms with van der Waals surface area (Å²) in [5.41, 5.74) is 1.09. The fourth-order valence-electron chi connectivity index (χ4n) is 4.61. The summed E-state index contributed by atoms with van der Waals surface area (Å²) in [6.45, 7) is 3.60. The van der Waals surface area contributed by atoms with Gasteiger partial charge in [-0.3, -0.25) is 9.69 Å². The van der Waals surface area contributed by atoms with E-state index in [0.29, 0.717) is 30.4 Å². The summed E-state index contributed by atoms with van der Waals surface area (Å²) in [5, 5.41) is 4.09. The van der Waals surface area contributed by atoms with E-state index in [1.54, 1.807) is 0 Å². The number of amides is 1. The number of likely N-dealkylation sites (tertiary alicyclic amines) is 2. The highest BCUT2D eigenvalue weighted by Gasteiger charge is 2.33. The van der Waals surface area contributed by atoms with Gasteiger partial charge in [-0.05, 0) is 57.7 Å². The fourth-order valence-corrected chi connectivity index (χ4v) is 4.61. The summed E-state index contributed by atoms with van der Waals surface area (Å²) < 4.78 is 28.3. The number of alkyl halides is 2. The van der Waals surface area contributed by atoms with Crippen LogP contribution in [0.4, 0.5) is 8.78 Å². The number of nitrogens with zero attached hydrogens (tertiary/aromatic N) is 5. The van der Waals surface area contributed by atoms with Crippen LogP contribution in [0.5, 0.6) is 0 Å². The molecule has 3 fully saturated rings. The van der Waals surface area contributed by atoms with E-state index in [1.807, 2.05) is 4.90 Å². The quantitative estimate of drug-likeness (QED) is 0.806. The van der Waals surface area contributed by atoms with Crippen molar-refractivity contribution in [2.45, 2.75) is 56.9 Å². The van der Waals surface area contributed by atoms with Crippen molar-refractivity contribution < 1.29 is 13.6 Å². The monoisotopic (exact) mass is 389 g/mol. The number of aromatic nitrogens is 3. The number of carbonyl (C=O) groups is 1. The van der Waals surface area contributed by atoms with Gasteiger partial charge in [0.25, 0.3) is 12.3 Å². The molecule has 4 heterocycles. The van der Waals surface area contributed by atoms with E-state index in [9.17, 15) is 13.6 Å². The first-order valence-electron chi connectivity index (χ1n) is 10.3. The lowest BCUT2D eigenvalue weighted by Gasteiger charge is -2.37. The van der Waals surface area contributed by atoms with Crippen LogP contribution in [0.3, 0.4) is 0 Å². The Balaban J connectivity index is 1.45. The van der Waals surface area contributed by atoms with Crippen molar-refractivity contribution in [2.75, 3.05) is 26.2 Å². The molecule has 0 bridgehead atoms. The summed E-state index contributed by atoms with van der Waals surface area (Å²) in [6.07, 6.45) is 5.21. The zero-order valence-electron chi connectivity index (χ0n) is 15.9. The van der Waals surface area contributed by atoms with Crippen LogP contribution in [-0.2, 0) is 0 Å². The first-order chi connectivity index (χ1) is 13.6. The van der Waals surface area contributed by atoms with Gasteiger partial charge in [0.05, 0.1) is 6.20 Å². The Morgan fingerprint density at radius 1 is 1.11 bits per heavy atom. The van der Waals surface area contributed by atoms with E-state index in [1.165, 1.54) is 25.1 Å². The molecule has 1 saturated carbocycles. The Labute approximate surface area is 162 Å². The van der Waals surface area contributed by atoms with Gasteiger partial charge < -0.3 is 4.90 Å². The van der Waals surface area contributed by atoms with Crippen molar-refractivity contribution in [3.63, 3.8) is 0 Å². The predicted molar refractivity (Wildman–Crippen MR) is 99.7 cm³/mol. The van der Waals surface area contributed by atoms with Crippen LogP contribution < -0.4 is 0 Å². The van der Waals surface area contributed by atoms with E-state index in [4.69, 9.17) is 0 Å². The third-order valence-corrected chi connectivity index (χ3v) is 6.31. The predicted octanol–water partition coefficient (Wildman–Crippen LogP) is 3.24. The van der Waals surface area contributed by atoms with E-state index >= 15 is 0 Å². The van der Waals surface area contributed by atoms with E-state index in [0.717, 1.165) is 43.3 Å². The minimum absolute atomic E-state index is 0.139. The molecule has 2 aromatic heterocycles. The molecule has 1 atom stereocenters. The molecule has 5 rings (SSSR count). The molecule has 1 amide bonds. The standard InChI is InChI=1S/C20H25F2N5O/c21-18(22)17-10-16(13-5-6-13)24-19-15(11-23-27(17)19)20(28)26-9-3-4-14(12-26)25-7-1-2-8-25/h10-11,13-14,18H,1-9,12H2/t14-/m1/s1. The molecule has 3 aliphatic rings. The van der Waals surface area contributed by atoms with Gasteiger partial charge in [0.1, 0.15) is 11.3 Å². The zero-order valence-corrected chi connectivity index (χ0v) is 15.9. The van der Waals surface area contributed by atoms with Crippen molar-refractivity contribution >= 4 is 11.6 Å². The Kier molecular flexibility index (Phi) is 4.53. The molecular formula is C20H25F2N5O. The highest BCUT2D eigenvalue weighted by molar-refractivity contribution is 5.99. The van der Waals surface area contributed by atoms with E-state index in [-0.39, 0.29) is 23.2 Å². The van der Waals surface area contributed by atoms with Crippen molar-refractivity contribution in [1.82, 2.24) is 24.4 Å². The molecule has 1 aliphatic carbocycles. The van der Waals surface area contributed by atoms with Crippen molar-refractivity contribution in [1.29, 1.82) is 0 Å². The minimum Gasteiger partial charge on any atom is -0.337 e. The number of carbonyl (C=O) groups excluding carboxylic acids is 1. The van der Waals surface area contributed by atoms with Gasteiger partial charge in [0, 0.05) is 30.7 Å². The molecule has 150 valence electrons. The van der Waals surface area contributed by atoms with Gasteiger partial charge in [-0.1, -0.05) is 0 Å². The highest BCUT2D eigenvalue weighted by Crippen LogP contribution is 2.40. The Bertz CT molecular complexity index is 888. The molecule has 2 aliphatic heterocycles. The van der Waals surface area contributed by atoms with Crippen LogP contribution in [0, 0.1) is 0 Å². The topological polar surface area (TPSA) is 53.7 Å². The van der Waals surface area contributed by atoms with Gasteiger partial charge in [-0.2, -0.15) is 5.10 Å². The zero-order chi connectivity index (χ0) is 19.3. The Hall–Kier alpha value is -2.09. The number of hydrogen-bond acceptors (Lipinski definition) is 4. The van der Waals surface area contributed by atoms with Gasteiger partial charge in [0.2, 0.25) is 0 Å². The van der Waals surface area contributed by atoms with Crippen LogP contribution in [0.25, 0.3) is 5.65 Å². The van der Waals surface area contributed by atoms with E-state index < -0.39 is 6.43 Å². The Morgan fingerprint density at radius 2 is 1.89 bits per heavy atom. The lowest BCUT2D eigenvalue weighted by molar-refractivity contribution is 0.0609. The molecule has 28 heavy (non-hydrogen) atoms. The maximum Gasteiger partial charge on any atom is 0.280 e. The summed E-state index contributed by atoms with van der Waals surface area (Å²) in [5.74, 6) is 0.0921. The molecule has 2 aromatic rings. The average molecular weight is 389 g/mol. The van der Waals surface area contributed by atoms with Crippen LogP contribution in [-0.4, -0.2) is 62.5 Å². The summed E-state index contributed by atoms with van der Waals surface area (Å²) in [4.78, 5) is 22.1. The summed E-state index contributed by atoms with van der Waals surface area (Å²) >= 11 is 0. The second-order valence-electron chi connectivity index (χ2n) is 8.26. The number of piperidine rings is 1. The summed E-state index contributed by atoms with van der Waals surface area (Å²) in [6, 6.07) is 1.84. The van der Waals surface area contributed by atoms with Crippen LogP contribution in [0.2, 0.25) is 0 Å². The van der Waals surface area contributed by atoms with Gasteiger partial charge in [-0.15, -0.1) is 0 Å². The lowest BCUT2D eigenvalue weighted by atomic mass is 10.0. The smallest absolute Gasteiger partial charge is 0.280 e. The normalized spacial score (nSPS) is 23.8. The maximum absolute atomic E-state index is 13.6. The number of rotatable bonds is 4. The van der Waals surface area contributed by atoms with Crippen molar-refractivity contribution in [3.8, 4) is 0 Å². The van der Waals surface area contributed by atoms with Crippen LogP contribution >= 0.6 is 0 Å². The first kappa shape index (κ1) is 18.0. The van der Waals surface area contributed by atoms with Gasteiger partial charge in [0.15, 0.2) is 5.65 Å². The molecule has 8 heteroatoms.